The molecule has 1 aromatic heterocycles. The first-order valence-electron chi connectivity index (χ1n) is 7.77. The highest BCUT2D eigenvalue weighted by molar-refractivity contribution is 5.95. The number of anilines is 1. The first-order chi connectivity index (χ1) is 9.72. The van der Waals surface area contributed by atoms with Gasteiger partial charge in [-0.15, -0.1) is 0 Å². The molecule has 1 aromatic rings. The molecule has 0 spiro atoms. The number of nitrogens with one attached hydrogen (secondary N) is 1. The van der Waals surface area contributed by atoms with Gasteiger partial charge in [-0.05, 0) is 55.1 Å². The highest BCUT2D eigenvalue weighted by Crippen LogP contribution is 2.62. The van der Waals surface area contributed by atoms with Crippen LogP contribution in [0.1, 0.15) is 56.1 Å². The zero-order valence-electron chi connectivity index (χ0n) is 13.4. The van der Waals surface area contributed by atoms with Crippen molar-refractivity contribution in [3.8, 4) is 0 Å². The molecule has 0 aromatic carbocycles. The maximum absolute atomic E-state index is 12.6. The lowest BCUT2D eigenvalue weighted by Gasteiger charge is -2.43. The summed E-state index contributed by atoms with van der Waals surface area (Å²) >= 11 is 0. The van der Waals surface area contributed by atoms with Gasteiger partial charge in [-0.1, -0.05) is 20.8 Å². The fourth-order valence-corrected chi connectivity index (χ4v) is 4.70. The standard InChI is InChI=1S/C17H25N3O/c1-10-7-11(8-13(18)19-10)14(21)20-15-16(2,3)12-5-6-17(15,4)9-12/h7-8,12,15H,5-6,9H2,1-4H3,(H2,18,19)(H,20,21). The first kappa shape index (κ1) is 14.4. The molecular formula is C17H25N3O. The summed E-state index contributed by atoms with van der Waals surface area (Å²) in [5, 5.41) is 3.29. The van der Waals surface area contributed by atoms with Gasteiger partial charge < -0.3 is 11.1 Å². The van der Waals surface area contributed by atoms with Crippen LogP contribution in [0.25, 0.3) is 0 Å². The number of fused-ring (bicyclic) bond motifs is 2. The highest BCUT2D eigenvalue weighted by atomic mass is 16.1. The van der Waals surface area contributed by atoms with Gasteiger partial charge in [0.1, 0.15) is 5.82 Å². The van der Waals surface area contributed by atoms with Crippen LogP contribution >= 0.6 is 0 Å². The van der Waals surface area contributed by atoms with Crippen LogP contribution in [0.4, 0.5) is 5.82 Å². The number of pyridine rings is 1. The number of aryl methyl sites for hydroxylation is 1. The molecule has 2 aliphatic carbocycles. The minimum atomic E-state index is -0.0287. The topological polar surface area (TPSA) is 68.0 Å². The van der Waals surface area contributed by atoms with Crippen molar-refractivity contribution in [3.05, 3.63) is 23.4 Å². The molecule has 1 heterocycles. The van der Waals surface area contributed by atoms with E-state index in [1.54, 1.807) is 12.1 Å². The molecular weight excluding hydrogens is 262 g/mol. The van der Waals surface area contributed by atoms with E-state index in [1.807, 2.05) is 6.92 Å². The number of aromatic nitrogens is 1. The van der Waals surface area contributed by atoms with Crippen molar-refractivity contribution >= 4 is 11.7 Å². The van der Waals surface area contributed by atoms with E-state index in [0.29, 0.717) is 11.4 Å². The van der Waals surface area contributed by atoms with Gasteiger partial charge in [-0.2, -0.15) is 0 Å². The van der Waals surface area contributed by atoms with Crippen LogP contribution in [-0.4, -0.2) is 16.9 Å². The molecule has 4 nitrogen and oxygen atoms in total. The zero-order valence-corrected chi connectivity index (χ0v) is 13.4. The smallest absolute Gasteiger partial charge is 0.251 e. The predicted octanol–water partition coefficient (Wildman–Crippen LogP) is 2.92. The average Bonchev–Trinajstić information content (AvgIpc) is 2.84. The molecule has 3 N–H and O–H groups in total. The Kier molecular flexibility index (Phi) is 3.05. The van der Waals surface area contributed by atoms with Crippen LogP contribution in [0.5, 0.6) is 0 Å². The van der Waals surface area contributed by atoms with Crippen molar-refractivity contribution < 1.29 is 4.79 Å². The number of hydrogen-bond acceptors (Lipinski definition) is 3. The number of nitrogen functional groups attached to an aromatic ring is 1. The summed E-state index contributed by atoms with van der Waals surface area (Å²) in [6.45, 7) is 8.76. The fraction of sp³-hybridized carbons (Fsp3) is 0.647. The molecule has 2 saturated carbocycles. The minimum Gasteiger partial charge on any atom is -0.384 e. The second-order valence-electron chi connectivity index (χ2n) is 7.74. The van der Waals surface area contributed by atoms with E-state index < -0.39 is 0 Å². The normalized spacial score (nSPS) is 33.1. The number of nitrogens with two attached hydrogens (primary N) is 1. The van der Waals surface area contributed by atoms with E-state index in [-0.39, 0.29) is 22.8 Å². The summed E-state index contributed by atoms with van der Waals surface area (Å²) in [6.07, 6.45) is 3.73. The fourth-order valence-electron chi connectivity index (χ4n) is 4.70. The van der Waals surface area contributed by atoms with Crippen molar-refractivity contribution in [2.75, 3.05) is 5.73 Å². The first-order valence-corrected chi connectivity index (χ1v) is 7.77. The van der Waals surface area contributed by atoms with E-state index in [4.69, 9.17) is 5.73 Å². The van der Waals surface area contributed by atoms with E-state index in [2.05, 4.69) is 31.1 Å². The SMILES string of the molecule is Cc1cc(C(=O)NC2C3(C)CCC(C3)C2(C)C)cc(N)n1. The maximum atomic E-state index is 12.6. The lowest BCUT2D eigenvalue weighted by Crippen LogP contribution is -2.52. The van der Waals surface area contributed by atoms with Gasteiger partial charge in [0.15, 0.2) is 0 Å². The molecule has 2 bridgehead atoms. The summed E-state index contributed by atoms with van der Waals surface area (Å²) in [4.78, 5) is 16.7. The molecule has 0 saturated heterocycles. The van der Waals surface area contributed by atoms with E-state index >= 15 is 0 Å². The van der Waals surface area contributed by atoms with Gasteiger partial charge in [-0.25, -0.2) is 4.98 Å². The van der Waals surface area contributed by atoms with E-state index in [1.165, 1.54) is 19.3 Å². The Balaban J connectivity index is 1.84. The largest absolute Gasteiger partial charge is 0.384 e. The van der Waals surface area contributed by atoms with Crippen molar-refractivity contribution in [1.82, 2.24) is 10.3 Å². The predicted molar refractivity (Wildman–Crippen MR) is 83.9 cm³/mol. The van der Waals surface area contributed by atoms with Gasteiger partial charge in [0.2, 0.25) is 0 Å². The molecule has 0 radical (unpaired) electrons. The van der Waals surface area contributed by atoms with Gasteiger partial charge in [0, 0.05) is 17.3 Å². The second-order valence-corrected chi connectivity index (χ2v) is 7.74. The molecule has 114 valence electrons. The third-order valence-corrected chi connectivity index (χ3v) is 5.78. The summed E-state index contributed by atoms with van der Waals surface area (Å²) in [6, 6.07) is 3.69. The molecule has 3 rings (SSSR count). The molecule has 1 amide bonds. The second kappa shape index (κ2) is 4.46. The maximum Gasteiger partial charge on any atom is 0.251 e. The van der Waals surface area contributed by atoms with Crippen LogP contribution in [0.2, 0.25) is 0 Å². The number of rotatable bonds is 2. The molecule has 2 aliphatic rings. The summed E-state index contributed by atoms with van der Waals surface area (Å²) in [7, 11) is 0. The zero-order chi connectivity index (χ0) is 15.4. The van der Waals surface area contributed by atoms with Gasteiger partial charge in [0.05, 0.1) is 0 Å². The third kappa shape index (κ3) is 2.21. The van der Waals surface area contributed by atoms with Crippen LogP contribution < -0.4 is 11.1 Å². The number of amides is 1. The highest BCUT2D eigenvalue weighted by Gasteiger charge is 2.59. The molecule has 4 heteroatoms. The quantitative estimate of drug-likeness (QED) is 0.878. The number of hydrogen-bond donors (Lipinski definition) is 2. The van der Waals surface area contributed by atoms with Crippen LogP contribution in [0.3, 0.4) is 0 Å². The lowest BCUT2D eigenvalue weighted by atomic mass is 9.68. The Hall–Kier alpha value is -1.58. The number of carbonyl (C=O) groups is 1. The average molecular weight is 287 g/mol. The Labute approximate surface area is 126 Å². The minimum absolute atomic E-state index is 0.0287. The Morgan fingerprint density at radius 1 is 1.38 bits per heavy atom. The van der Waals surface area contributed by atoms with Crippen molar-refractivity contribution in [3.63, 3.8) is 0 Å². The molecule has 21 heavy (non-hydrogen) atoms. The van der Waals surface area contributed by atoms with Crippen LogP contribution in [-0.2, 0) is 0 Å². The van der Waals surface area contributed by atoms with Crippen LogP contribution in [0, 0.1) is 23.7 Å². The number of nitrogens with zero attached hydrogens (tertiary/aromatic N) is 1. The van der Waals surface area contributed by atoms with Crippen molar-refractivity contribution in [2.45, 2.75) is 53.0 Å². The number of carbonyl (C=O) groups excluding carboxylic acids is 1. The van der Waals surface area contributed by atoms with Gasteiger partial charge in [0.25, 0.3) is 5.91 Å². The van der Waals surface area contributed by atoms with Crippen molar-refractivity contribution in [2.24, 2.45) is 16.7 Å². The summed E-state index contributed by atoms with van der Waals surface area (Å²) < 4.78 is 0. The van der Waals surface area contributed by atoms with Gasteiger partial charge >= 0.3 is 0 Å². The Morgan fingerprint density at radius 3 is 2.67 bits per heavy atom. The Morgan fingerprint density at radius 2 is 2.10 bits per heavy atom. The molecule has 3 atom stereocenters. The van der Waals surface area contributed by atoms with E-state index in [0.717, 1.165) is 11.6 Å². The Bertz CT molecular complexity index is 571. The molecule has 2 fully saturated rings. The lowest BCUT2D eigenvalue weighted by molar-refractivity contribution is 0.0737. The summed E-state index contributed by atoms with van der Waals surface area (Å²) in [5.74, 6) is 1.09. The van der Waals surface area contributed by atoms with E-state index in [9.17, 15) is 4.79 Å². The monoisotopic (exact) mass is 287 g/mol. The molecule has 3 unspecified atom stereocenters. The third-order valence-electron chi connectivity index (χ3n) is 5.78. The summed E-state index contributed by atoms with van der Waals surface area (Å²) in [5.41, 5.74) is 7.54. The molecule has 0 aliphatic heterocycles. The van der Waals surface area contributed by atoms with Crippen molar-refractivity contribution in [1.29, 1.82) is 0 Å². The van der Waals surface area contributed by atoms with Gasteiger partial charge in [-0.3, -0.25) is 4.79 Å². The van der Waals surface area contributed by atoms with Crippen LogP contribution in [0.15, 0.2) is 12.1 Å².